The van der Waals surface area contributed by atoms with Crippen molar-refractivity contribution in [3.8, 4) is 0 Å². The molecule has 0 fully saturated rings. The molecule has 0 bridgehead atoms. The highest BCUT2D eigenvalue weighted by atomic mass is 19.2. The highest BCUT2D eigenvalue weighted by molar-refractivity contribution is 5.73. The molecule has 1 amide bonds. The molecule has 1 aromatic rings. The first-order valence-corrected chi connectivity index (χ1v) is 5.10. The van der Waals surface area contributed by atoms with Gasteiger partial charge in [-0.05, 0) is 18.9 Å². The fraction of sp³-hybridized carbons (Fsp3) is 0.364. The average molecular weight is 246 g/mol. The zero-order valence-corrected chi connectivity index (χ0v) is 9.05. The van der Waals surface area contributed by atoms with Crippen LogP contribution in [0.3, 0.4) is 0 Å². The summed E-state index contributed by atoms with van der Waals surface area (Å²) in [5.41, 5.74) is 10.4. The minimum Gasteiger partial charge on any atom is -0.370 e. The predicted octanol–water partition coefficient (Wildman–Crippen LogP) is 1.76. The van der Waals surface area contributed by atoms with Gasteiger partial charge in [0.25, 0.3) is 0 Å². The molecule has 0 spiro atoms. The fourth-order valence-electron chi connectivity index (χ4n) is 1.47. The third-order valence-corrected chi connectivity index (χ3v) is 2.38. The monoisotopic (exact) mass is 246 g/mol. The summed E-state index contributed by atoms with van der Waals surface area (Å²) in [5, 5.41) is 0. The standard InChI is InChI=1S/C11H13F3N2O/c12-7-5-9(14)8(13)4-6(7)10(15)2-1-3-11(16)17/h4-5,10H,1-3,15H2,(H2,16,17). The topological polar surface area (TPSA) is 69.1 Å². The summed E-state index contributed by atoms with van der Waals surface area (Å²) in [6, 6.07) is 0.405. The molecular weight excluding hydrogens is 233 g/mol. The van der Waals surface area contributed by atoms with Gasteiger partial charge in [0.1, 0.15) is 5.82 Å². The lowest BCUT2D eigenvalue weighted by atomic mass is 10.0. The van der Waals surface area contributed by atoms with E-state index < -0.39 is 29.4 Å². The Labute approximate surface area is 96.6 Å². The molecule has 1 atom stereocenters. The van der Waals surface area contributed by atoms with Crippen LogP contribution in [0, 0.1) is 17.5 Å². The van der Waals surface area contributed by atoms with Crippen LogP contribution in [0.1, 0.15) is 30.9 Å². The molecule has 0 aliphatic rings. The maximum atomic E-state index is 13.3. The van der Waals surface area contributed by atoms with Crippen molar-refractivity contribution in [2.45, 2.75) is 25.3 Å². The largest absolute Gasteiger partial charge is 0.370 e. The number of carbonyl (C=O) groups is 1. The van der Waals surface area contributed by atoms with Crippen molar-refractivity contribution in [3.63, 3.8) is 0 Å². The lowest BCUT2D eigenvalue weighted by Crippen LogP contribution is -2.15. The second kappa shape index (κ2) is 5.67. The Bertz CT molecular complexity index is 423. The number of carbonyl (C=O) groups excluding carboxylic acids is 1. The van der Waals surface area contributed by atoms with Crippen LogP contribution in [-0.4, -0.2) is 5.91 Å². The van der Waals surface area contributed by atoms with Crippen LogP contribution in [0.25, 0.3) is 0 Å². The van der Waals surface area contributed by atoms with Gasteiger partial charge < -0.3 is 11.5 Å². The number of halogens is 3. The number of primary amides is 1. The zero-order valence-electron chi connectivity index (χ0n) is 9.05. The molecule has 0 aromatic heterocycles. The summed E-state index contributed by atoms with van der Waals surface area (Å²) >= 11 is 0. The van der Waals surface area contributed by atoms with E-state index in [-0.39, 0.29) is 18.4 Å². The van der Waals surface area contributed by atoms with Crippen LogP contribution in [0.2, 0.25) is 0 Å². The van der Waals surface area contributed by atoms with Gasteiger partial charge in [-0.15, -0.1) is 0 Å². The molecule has 0 saturated heterocycles. The molecule has 0 aliphatic carbocycles. The minimum atomic E-state index is -1.25. The Morgan fingerprint density at radius 3 is 2.35 bits per heavy atom. The molecule has 1 aromatic carbocycles. The Hall–Kier alpha value is -1.56. The number of nitrogens with two attached hydrogens (primary N) is 2. The number of benzene rings is 1. The molecule has 4 N–H and O–H groups in total. The molecule has 1 unspecified atom stereocenters. The van der Waals surface area contributed by atoms with E-state index in [1.165, 1.54) is 0 Å². The zero-order chi connectivity index (χ0) is 13.0. The van der Waals surface area contributed by atoms with Gasteiger partial charge in [-0.1, -0.05) is 0 Å². The van der Waals surface area contributed by atoms with E-state index in [9.17, 15) is 18.0 Å². The SMILES string of the molecule is NC(=O)CCCC(N)c1cc(F)c(F)cc1F. The third-order valence-electron chi connectivity index (χ3n) is 2.38. The molecular formula is C11H13F3N2O. The first kappa shape index (κ1) is 13.5. The fourth-order valence-corrected chi connectivity index (χ4v) is 1.47. The van der Waals surface area contributed by atoms with Crippen molar-refractivity contribution >= 4 is 5.91 Å². The van der Waals surface area contributed by atoms with E-state index in [1.807, 2.05) is 0 Å². The predicted molar refractivity (Wildman–Crippen MR) is 56.3 cm³/mol. The normalized spacial score (nSPS) is 12.5. The van der Waals surface area contributed by atoms with Gasteiger partial charge in [0, 0.05) is 24.1 Å². The summed E-state index contributed by atoms with van der Waals surface area (Å²) in [4.78, 5) is 10.5. The number of hydrogen-bond donors (Lipinski definition) is 2. The van der Waals surface area contributed by atoms with Crippen molar-refractivity contribution in [1.82, 2.24) is 0 Å². The summed E-state index contributed by atoms with van der Waals surface area (Å²) in [6.45, 7) is 0. The molecule has 94 valence electrons. The van der Waals surface area contributed by atoms with E-state index in [4.69, 9.17) is 11.5 Å². The molecule has 3 nitrogen and oxygen atoms in total. The molecule has 0 heterocycles. The van der Waals surface area contributed by atoms with Crippen LogP contribution < -0.4 is 11.5 Å². The van der Waals surface area contributed by atoms with Gasteiger partial charge in [0.2, 0.25) is 5.91 Å². The first-order chi connectivity index (χ1) is 7.91. The summed E-state index contributed by atoms with van der Waals surface area (Å²) in [5.74, 6) is -3.78. The highest BCUT2D eigenvalue weighted by Gasteiger charge is 2.15. The van der Waals surface area contributed by atoms with Crippen molar-refractivity contribution < 1.29 is 18.0 Å². The van der Waals surface area contributed by atoms with Crippen molar-refractivity contribution in [1.29, 1.82) is 0 Å². The van der Waals surface area contributed by atoms with Gasteiger partial charge in [-0.2, -0.15) is 0 Å². The Balaban J connectivity index is 2.71. The van der Waals surface area contributed by atoms with Gasteiger partial charge in [0.05, 0.1) is 0 Å². The molecule has 0 saturated carbocycles. The molecule has 17 heavy (non-hydrogen) atoms. The molecule has 0 aliphatic heterocycles. The maximum Gasteiger partial charge on any atom is 0.217 e. The Morgan fingerprint density at radius 2 is 1.76 bits per heavy atom. The van der Waals surface area contributed by atoms with Gasteiger partial charge in [0.15, 0.2) is 11.6 Å². The van der Waals surface area contributed by atoms with E-state index >= 15 is 0 Å². The molecule has 1 rings (SSSR count). The summed E-state index contributed by atoms with van der Waals surface area (Å²) in [6.07, 6.45) is 0.763. The van der Waals surface area contributed by atoms with Gasteiger partial charge in [-0.25, -0.2) is 13.2 Å². The Morgan fingerprint density at radius 1 is 1.18 bits per heavy atom. The van der Waals surface area contributed by atoms with E-state index in [1.54, 1.807) is 0 Å². The second-order valence-electron chi connectivity index (χ2n) is 3.75. The van der Waals surface area contributed by atoms with Crippen molar-refractivity contribution in [2.75, 3.05) is 0 Å². The lowest BCUT2D eigenvalue weighted by Gasteiger charge is -2.12. The summed E-state index contributed by atoms with van der Waals surface area (Å²) < 4.78 is 38.9. The number of rotatable bonds is 5. The van der Waals surface area contributed by atoms with Crippen molar-refractivity contribution in [3.05, 3.63) is 35.1 Å². The van der Waals surface area contributed by atoms with E-state index in [2.05, 4.69) is 0 Å². The second-order valence-corrected chi connectivity index (χ2v) is 3.75. The smallest absolute Gasteiger partial charge is 0.217 e. The van der Waals surface area contributed by atoms with Crippen LogP contribution in [-0.2, 0) is 4.79 Å². The average Bonchev–Trinajstić information content (AvgIpc) is 2.22. The number of amides is 1. The van der Waals surface area contributed by atoms with E-state index in [0.717, 1.165) is 6.07 Å². The van der Waals surface area contributed by atoms with Gasteiger partial charge in [-0.3, -0.25) is 4.79 Å². The minimum absolute atomic E-state index is 0.103. The Kier molecular flexibility index (Phi) is 4.51. The first-order valence-electron chi connectivity index (χ1n) is 5.10. The van der Waals surface area contributed by atoms with Crippen molar-refractivity contribution in [2.24, 2.45) is 11.5 Å². The van der Waals surface area contributed by atoms with Crippen LogP contribution >= 0.6 is 0 Å². The lowest BCUT2D eigenvalue weighted by molar-refractivity contribution is -0.118. The van der Waals surface area contributed by atoms with Crippen LogP contribution in [0.15, 0.2) is 12.1 Å². The molecule has 6 heteroatoms. The summed E-state index contributed by atoms with van der Waals surface area (Å²) in [7, 11) is 0. The quantitative estimate of drug-likeness (QED) is 0.777. The van der Waals surface area contributed by atoms with Gasteiger partial charge >= 0.3 is 0 Å². The van der Waals surface area contributed by atoms with Crippen LogP contribution in [0.5, 0.6) is 0 Å². The number of hydrogen-bond acceptors (Lipinski definition) is 2. The van der Waals surface area contributed by atoms with E-state index in [0.29, 0.717) is 12.5 Å². The maximum absolute atomic E-state index is 13.3. The molecule has 0 radical (unpaired) electrons. The highest BCUT2D eigenvalue weighted by Crippen LogP contribution is 2.22. The van der Waals surface area contributed by atoms with Crippen LogP contribution in [0.4, 0.5) is 13.2 Å². The third kappa shape index (κ3) is 3.74.